The van der Waals surface area contributed by atoms with Gasteiger partial charge in [-0.15, -0.1) is 12.5 Å². The second-order valence-electron chi connectivity index (χ2n) is 24.0. The zero-order valence-electron chi connectivity index (χ0n) is 42.7. The normalized spacial score (nSPS) is 41.4. The number of benzene rings is 1. The van der Waals surface area contributed by atoms with E-state index in [0.717, 1.165) is 82.9 Å². The first-order chi connectivity index (χ1) is 32.8. The molecule has 0 spiro atoms. The molecule has 10 nitrogen and oxygen atoms in total. The van der Waals surface area contributed by atoms with Gasteiger partial charge in [0.05, 0.1) is 31.5 Å². The number of rotatable bonds is 15. The number of carboxylic acids is 1. The maximum Gasteiger partial charge on any atom is 0.328 e. The molecule has 378 valence electrons. The number of carboxylic acid groups (broad SMARTS) is 1. The molecule has 1 aromatic rings. The Kier molecular flexibility index (Phi) is 14.3. The number of ketones is 1. The molecule has 0 saturated heterocycles. The average molecular weight is 968 g/mol. The topological polar surface area (TPSA) is 143 Å². The van der Waals surface area contributed by atoms with E-state index in [4.69, 9.17) is 13.8 Å². The van der Waals surface area contributed by atoms with Crippen LogP contribution in [0.4, 0.5) is 5.69 Å². The van der Waals surface area contributed by atoms with Gasteiger partial charge in [-0.05, 0) is 190 Å². The lowest BCUT2D eigenvalue weighted by Crippen LogP contribution is -2.62. The molecule has 3 N–H and O–H groups in total. The number of likely N-dealkylation sites (N-methyl/N-ethyl adjacent to an activating group) is 1. The Balaban J connectivity index is 0.882. The molecule has 8 aliphatic carbocycles. The minimum Gasteiger partial charge on any atom is -0.481 e. The van der Waals surface area contributed by atoms with Gasteiger partial charge in [0.15, 0.2) is 5.78 Å². The Labute approximate surface area is 413 Å². The maximum atomic E-state index is 14.0. The monoisotopic (exact) mass is 968 g/mol. The van der Waals surface area contributed by atoms with E-state index in [0.29, 0.717) is 44.1 Å². The predicted octanol–water partition coefficient (Wildman–Crippen LogP) is 11.3. The van der Waals surface area contributed by atoms with Gasteiger partial charge in [0.1, 0.15) is 5.60 Å². The van der Waals surface area contributed by atoms with Crippen LogP contribution < -0.4 is 4.90 Å². The van der Waals surface area contributed by atoms with Crippen molar-refractivity contribution in [2.45, 2.75) is 167 Å². The number of fused-ring (bicyclic) bond motifs is 9. The lowest BCUT2D eigenvalue weighted by molar-refractivity contribution is -0.205. The largest absolute Gasteiger partial charge is 0.481 e. The number of hydrogen-bond donors (Lipinski definition) is 3. The number of hydrogen-bond acceptors (Lipinski definition) is 9. The molecule has 1 aromatic carbocycles. The summed E-state index contributed by atoms with van der Waals surface area (Å²) in [4.78, 5) is 26.4. The Bertz CT molecular complexity index is 2310. The maximum absolute atomic E-state index is 14.0. The minimum absolute atomic E-state index is 0.0326. The second kappa shape index (κ2) is 19.4. The fourth-order valence-electron chi connectivity index (χ4n) is 17.2. The summed E-state index contributed by atoms with van der Waals surface area (Å²) in [6.07, 6.45) is 15.6. The lowest BCUT2D eigenvalue weighted by Gasteiger charge is -2.64. The van der Waals surface area contributed by atoms with Crippen molar-refractivity contribution in [3.63, 3.8) is 0 Å². The van der Waals surface area contributed by atoms with Crippen LogP contribution in [0.3, 0.4) is 0 Å². The van der Waals surface area contributed by atoms with Crippen molar-refractivity contribution in [3.8, 4) is 11.8 Å². The van der Waals surface area contributed by atoms with E-state index >= 15 is 0 Å². The van der Waals surface area contributed by atoms with E-state index in [1.165, 1.54) is 22.3 Å². The second-order valence-corrected chi connectivity index (χ2v) is 26.0. The first-order valence-electron chi connectivity index (χ1n) is 26.7. The number of aliphatic carboxylic acids is 1. The summed E-state index contributed by atoms with van der Waals surface area (Å²) < 4.78 is 33.2. The van der Waals surface area contributed by atoms with Crippen LogP contribution in [-0.2, 0) is 27.9 Å². The molecule has 0 aromatic heterocycles. The number of anilines is 1. The Hall–Kier alpha value is -3.03. The summed E-state index contributed by atoms with van der Waals surface area (Å²) in [5, 5.41) is 33.9. The third-order valence-corrected chi connectivity index (χ3v) is 22.0. The molecular weight excluding hydrogens is 886 g/mol. The van der Waals surface area contributed by atoms with Crippen LogP contribution in [0.2, 0.25) is 0 Å². The summed E-state index contributed by atoms with van der Waals surface area (Å²) in [6.45, 7) is 17.8. The molecule has 0 amide bonds. The molecule has 8 aliphatic rings. The van der Waals surface area contributed by atoms with Crippen LogP contribution in [0.1, 0.15) is 149 Å². The lowest BCUT2D eigenvalue weighted by atomic mass is 9.43. The Morgan fingerprint density at radius 1 is 1.01 bits per heavy atom. The first-order valence-corrected chi connectivity index (χ1v) is 28.7. The Morgan fingerprint density at radius 3 is 2.51 bits per heavy atom. The van der Waals surface area contributed by atoms with Crippen molar-refractivity contribution in [3.05, 3.63) is 65.3 Å². The third kappa shape index (κ3) is 9.02. The van der Waals surface area contributed by atoms with Crippen LogP contribution in [-0.4, -0.2) is 84.5 Å². The number of nitrogens with zero attached hydrogens (tertiary/aromatic N) is 1. The molecule has 6 saturated carbocycles. The van der Waals surface area contributed by atoms with Crippen LogP contribution >= 0.6 is 7.60 Å². The first kappa shape index (κ1) is 50.9. The van der Waals surface area contributed by atoms with Crippen molar-refractivity contribution < 1.29 is 43.3 Å². The number of ether oxygens (including phenoxy) is 1. The van der Waals surface area contributed by atoms with E-state index in [1.807, 2.05) is 13.0 Å². The van der Waals surface area contributed by atoms with E-state index in [1.54, 1.807) is 12.7 Å². The van der Waals surface area contributed by atoms with E-state index in [-0.39, 0.29) is 88.7 Å². The molecule has 6 fully saturated rings. The smallest absolute Gasteiger partial charge is 0.328 e. The van der Waals surface area contributed by atoms with Gasteiger partial charge in [-0.2, -0.15) is 0 Å². The van der Waals surface area contributed by atoms with E-state index < -0.39 is 25.3 Å². The van der Waals surface area contributed by atoms with Gasteiger partial charge in [-0.1, -0.05) is 57.4 Å². The Morgan fingerprint density at radius 2 is 1.78 bits per heavy atom. The van der Waals surface area contributed by atoms with Crippen molar-refractivity contribution in [2.24, 2.45) is 63.6 Å². The highest BCUT2D eigenvalue weighted by Gasteiger charge is 2.67. The standard InChI is InChI=1S/C58H82NO9P/c1-9-25-58(64)27-24-47-44-18-14-38-31-41(60)17-19-43(38)53(44)45(35-56(47,58)5)37-12-15-40(16-13-37)59(7)28-30-66-42-23-26-55(4)39(32-42)33-50(68-69(8,65)67-29-10-2)54-48-21-20-46(36(3)11-22-52(62)63)57(48,6)51(61)34-49(54)55/h10,12-13,15-16,31,36,39,42,44-51,54,61,64H,2,11,14,17-24,26-30,32-35H2,1,3-8H3,(H,62,63)/t36-,39+,42+,44?,45-,46-,47?,48+,49+,50-,51+,54+,55+,56+,57-,58+,69?/m1/s1. The highest BCUT2D eigenvalue weighted by molar-refractivity contribution is 7.53. The molecular formula is C58H82NO9P. The van der Waals surface area contributed by atoms with Crippen molar-refractivity contribution in [1.82, 2.24) is 0 Å². The van der Waals surface area contributed by atoms with Gasteiger partial charge in [-0.3, -0.25) is 14.2 Å². The average Bonchev–Trinajstić information content (AvgIpc) is 3.80. The third-order valence-electron chi connectivity index (χ3n) is 20.8. The van der Waals surface area contributed by atoms with Crippen LogP contribution in [0.15, 0.2) is 59.7 Å². The highest BCUT2D eigenvalue weighted by Crippen LogP contribution is 2.71. The van der Waals surface area contributed by atoms with Crippen molar-refractivity contribution in [1.29, 1.82) is 0 Å². The summed E-state index contributed by atoms with van der Waals surface area (Å²) in [5.41, 5.74) is 4.85. The van der Waals surface area contributed by atoms with Gasteiger partial charge in [0.25, 0.3) is 0 Å². The number of aliphatic hydroxyl groups is 2. The molecule has 9 rings (SSSR count). The number of aliphatic hydroxyl groups excluding tert-OH is 1. The molecule has 11 heteroatoms. The summed E-state index contributed by atoms with van der Waals surface area (Å²) in [6, 6.07) is 9.07. The van der Waals surface area contributed by atoms with Gasteiger partial charge in [-0.25, -0.2) is 0 Å². The van der Waals surface area contributed by atoms with Crippen molar-refractivity contribution >= 4 is 25.0 Å². The van der Waals surface area contributed by atoms with Gasteiger partial charge in [0.2, 0.25) is 0 Å². The van der Waals surface area contributed by atoms with E-state index in [9.17, 15) is 29.5 Å². The van der Waals surface area contributed by atoms with Crippen molar-refractivity contribution in [2.75, 3.05) is 38.4 Å². The SMILES string of the molecule is C=CCOP(C)(=O)O[C@@H]1C[C@@H]2C[C@@H](OCCN(C)c3ccc([C@H]4C[C@@]5(C)C(CC[C@@]5(O)C#CC)C5CCC6=CC(=O)CCC6=C54)cc3)CC[C@]2(C)[C@H]2C[C@H](O)[C@]3(C)[C@@H]([C@H](C)CCC(=O)O)CC[C@H]3[C@H]12. The van der Waals surface area contributed by atoms with E-state index in [2.05, 4.69) is 82.3 Å². The van der Waals surface area contributed by atoms with Crippen LogP contribution in [0.25, 0.3) is 0 Å². The summed E-state index contributed by atoms with van der Waals surface area (Å²) in [5.74, 6) is 7.87. The number of carbonyl (C=O) groups excluding carboxylic acids is 1. The number of allylic oxidation sites excluding steroid dienone is 4. The fraction of sp³-hybridized carbons (Fsp3) is 0.724. The molecule has 17 atom stereocenters. The highest BCUT2D eigenvalue weighted by atomic mass is 31.2. The van der Waals surface area contributed by atoms with Gasteiger partial charge in [0, 0.05) is 50.1 Å². The number of carbonyl (C=O) groups is 2. The summed E-state index contributed by atoms with van der Waals surface area (Å²) >= 11 is 0. The predicted molar refractivity (Wildman–Crippen MR) is 271 cm³/mol. The molecule has 0 heterocycles. The minimum atomic E-state index is -3.42. The van der Waals surface area contributed by atoms with Crippen LogP contribution in [0.5, 0.6) is 0 Å². The summed E-state index contributed by atoms with van der Waals surface area (Å²) in [7, 11) is -1.29. The quantitative estimate of drug-likeness (QED) is 0.0883. The van der Waals surface area contributed by atoms with Gasteiger partial charge >= 0.3 is 13.6 Å². The van der Waals surface area contributed by atoms with Gasteiger partial charge < -0.3 is 34.0 Å². The molecule has 0 radical (unpaired) electrons. The molecule has 69 heavy (non-hydrogen) atoms. The van der Waals surface area contributed by atoms with Crippen LogP contribution in [0, 0.1) is 75.4 Å². The zero-order chi connectivity index (χ0) is 49.3. The zero-order valence-corrected chi connectivity index (χ0v) is 43.6. The molecule has 3 unspecified atom stereocenters. The molecule has 0 bridgehead atoms. The molecule has 0 aliphatic heterocycles. The fourth-order valence-corrected chi connectivity index (χ4v) is 18.3.